The fraction of sp³-hybridized carbons (Fsp3) is 0.364. The first-order chi connectivity index (χ1) is 7.33. The van der Waals surface area contributed by atoms with Crippen LogP contribution in [-0.2, 0) is 4.79 Å². The van der Waals surface area contributed by atoms with Crippen LogP contribution in [0, 0.1) is 0 Å². The predicted octanol–water partition coefficient (Wildman–Crippen LogP) is 2.68. The van der Waals surface area contributed by atoms with Crippen LogP contribution in [0.1, 0.15) is 6.42 Å². The average molecular weight is 288 g/mol. The topological polar surface area (TPSA) is 29.1 Å². The zero-order chi connectivity index (χ0) is 10.9. The number of hydrogen-bond acceptors (Lipinski definition) is 2. The van der Waals surface area contributed by atoms with E-state index >= 15 is 0 Å². The molecule has 0 aliphatic carbocycles. The van der Waals surface area contributed by atoms with Crippen LogP contribution in [0.25, 0.3) is 0 Å². The van der Waals surface area contributed by atoms with Crippen molar-refractivity contribution in [2.75, 3.05) is 17.6 Å². The summed E-state index contributed by atoms with van der Waals surface area (Å²) in [4.78, 5) is 12.5. The first kappa shape index (κ1) is 12.6. The van der Waals surface area contributed by atoms with Crippen LogP contribution >= 0.6 is 27.7 Å². The van der Waals surface area contributed by atoms with Crippen LogP contribution in [0.4, 0.5) is 0 Å². The molecule has 0 fully saturated rings. The van der Waals surface area contributed by atoms with Gasteiger partial charge in [0, 0.05) is 16.8 Å². The van der Waals surface area contributed by atoms with E-state index in [4.69, 9.17) is 0 Å². The Balaban J connectivity index is 2.17. The summed E-state index contributed by atoms with van der Waals surface area (Å²) in [5.41, 5.74) is 0. The van der Waals surface area contributed by atoms with Gasteiger partial charge in [0.25, 0.3) is 0 Å². The fourth-order valence-corrected chi connectivity index (χ4v) is 2.04. The van der Waals surface area contributed by atoms with Crippen molar-refractivity contribution in [1.82, 2.24) is 5.32 Å². The molecule has 82 valence electrons. The minimum atomic E-state index is 0.102. The van der Waals surface area contributed by atoms with Crippen molar-refractivity contribution in [2.24, 2.45) is 0 Å². The number of benzene rings is 1. The van der Waals surface area contributed by atoms with Crippen LogP contribution in [0.3, 0.4) is 0 Å². The fourth-order valence-electron chi connectivity index (χ4n) is 1.01. The van der Waals surface area contributed by atoms with Crippen LogP contribution in [0.5, 0.6) is 0 Å². The molecule has 0 spiro atoms. The standard InChI is InChI=1S/C11H14BrNOS/c12-7-4-8-13-11(14)9-15-10-5-2-1-3-6-10/h1-3,5-6H,4,7-9H2,(H,13,14). The van der Waals surface area contributed by atoms with E-state index in [1.54, 1.807) is 11.8 Å². The lowest BCUT2D eigenvalue weighted by Crippen LogP contribution is -2.26. The van der Waals surface area contributed by atoms with Gasteiger partial charge in [0.2, 0.25) is 5.91 Å². The maximum absolute atomic E-state index is 11.3. The molecule has 15 heavy (non-hydrogen) atoms. The molecule has 0 saturated carbocycles. The summed E-state index contributed by atoms with van der Waals surface area (Å²) >= 11 is 4.88. The monoisotopic (exact) mass is 287 g/mol. The molecule has 1 rings (SSSR count). The summed E-state index contributed by atoms with van der Waals surface area (Å²) in [5, 5.41) is 3.79. The highest BCUT2D eigenvalue weighted by atomic mass is 79.9. The average Bonchev–Trinajstić information content (AvgIpc) is 2.28. The maximum Gasteiger partial charge on any atom is 0.230 e. The number of carbonyl (C=O) groups excluding carboxylic acids is 1. The number of rotatable bonds is 6. The number of amides is 1. The molecule has 2 nitrogen and oxygen atoms in total. The highest BCUT2D eigenvalue weighted by Crippen LogP contribution is 2.15. The van der Waals surface area contributed by atoms with E-state index in [9.17, 15) is 4.79 Å². The van der Waals surface area contributed by atoms with E-state index in [1.807, 2.05) is 30.3 Å². The Morgan fingerprint density at radius 2 is 2.07 bits per heavy atom. The predicted molar refractivity (Wildman–Crippen MR) is 68.6 cm³/mol. The maximum atomic E-state index is 11.3. The first-order valence-corrected chi connectivity index (χ1v) is 6.94. The van der Waals surface area contributed by atoms with Crippen molar-refractivity contribution in [3.63, 3.8) is 0 Å². The van der Waals surface area contributed by atoms with Gasteiger partial charge in [0.15, 0.2) is 0 Å². The zero-order valence-corrected chi connectivity index (χ0v) is 10.8. The van der Waals surface area contributed by atoms with Gasteiger partial charge < -0.3 is 5.32 Å². The highest BCUT2D eigenvalue weighted by Gasteiger charge is 2.00. The van der Waals surface area contributed by atoms with Crippen LogP contribution in [-0.4, -0.2) is 23.5 Å². The molecule has 0 aromatic heterocycles. The van der Waals surface area contributed by atoms with Gasteiger partial charge in [-0.15, -0.1) is 11.8 Å². The van der Waals surface area contributed by atoms with Crippen LogP contribution < -0.4 is 5.32 Å². The molecular formula is C11H14BrNOS. The van der Waals surface area contributed by atoms with Gasteiger partial charge in [0.05, 0.1) is 5.75 Å². The van der Waals surface area contributed by atoms with E-state index in [0.29, 0.717) is 5.75 Å². The molecule has 1 N–H and O–H groups in total. The van der Waals surface area contributed by atoms with Crippen molar-refractivity contribution >= 4 is 33.6 Å². The normalized spacial score (nSPS) is 9.93. The van der Waals surface area contributed by atoms with Crippen molar-refractivity contribution in [2.45, 2.75) is 11.3 Å². The molecule has 0 radical (unpaired) electrons. The minimum absolute atomic E-state index is 0.102. The van der Waals surface area contributed by atoms with Crippen molar-refractivity contribution < 1.29 is 4.79 Å². The van der Waals surface area contributed by atoms with E-state index in [-0.39, 0.29) is 5.91 Å². The Morgan fingerprint density at radius 1 is 1.33 bits per heavy atom. The first-order valence-electron chi connectivity index (χ1n) is 4.83. The van der Waals surface area contributed by atoms with Gasteiger partial charge in [-0.3, -0.25) is 4.79 Å². The Kier molecular flexibility index (Phi) is 6.52. The lowest BCUT2D eigenvalue weighted by molar-refractivity contribution is -0.118. The van der Waals surface area contributed by atoms with Crippen molar-refractivity contribution in [3.05, 3.63) is 30.3 Å². The smallest absolute Gasteiger partial charge is 0.230 e. The second kappa shape index (κ2) is 7.77. The number of hydrogen-bond donors (Lipinski definition) is 1. The summed E-state index contributed by atoms with van der Waals surface area (Å²) in [6.07, 6.45) is 0.974. The summed E-state index contributed by atoms with van der Waals surface area (Å²) in [5.74, 6) is 0.594. The molecule has 1 aromatic rings. The van der Waals surface area contributed by atoms with E-state index in [1.165, 1.54) is 0 Å². The van der Waals surface area contributed by atoms with Gasteiger partial charge in [-0.1, -0.05) is 34.1 Å². The molecular weight excluding hydrogens is 274 g/mol. The zero-order valence-electron chi connectivity index (χ0n) is 8.41. The number of halogens is 1. The summed E-state index contributed by atoms with van der Waals surface area (Å²) in [7, 11) is 0. The van der Waals surface area contributed by atoms with Gasteiger partial charge >= 0.3 is 0 Å². The molecule has 4 heteroatoms. The lowest BCUT2D eigenvalue weighted by atomic mass is 10.4. The number of nitrogens with one attached hydrogen (secondary N) is 1. The van der Waals surface area contributed by atoms with Gasteiger partial charge in [-0.05, 0) is 18.6 Å². The Hall–Kier alpha value is -0.480. The molecule has 0 unspecified atom stereocenters. The third kappa shape index (κ3) is 5.85. The quantitative estimate of drug-likeness (QED) is 0.495. The summed E-state index contributed by atoms with van der Waals surface area (Å²) < 4.78 is 0. The summed E-state index contributed by atoms with van der Waals surface area (Å²) in [6.45, 7) is 0.749. The number of alkyl halides is 1. The molecule has 0 atom stereocenters. The number of thioether (sulfide) groups is 1. The largest absolute Gasteiger partial charge is 0.355 e. The molecule has 1 aromatic carbocycles. The Bertz CT molecular complexity index is 292. The van der Waals surface area contributed by atoms with E-state index in [0.717, 1.165) is 23.2 Å². The molecule has 0 aliphatic rings. The third-order valence-corrected chi connectivity index (χ3v) is 3.32. The highest BCUT2D eigenvalue weighted by molar-refractivity contribution is 9.09. The van der Waals surface area contributed by atoms with Crippen LogP contribution in [0.2, 0.25) is 0 Å². The minimum Gasteiger partial charge on any atom is -0.355 e. The molecule has 0 saturated heterocycles. The molecule has 0 aliphatic heterocycles. The molecule has 0 heterocycles. The molecule has 1 amide bonds. The van der Waals surface area contributed by atoms with Crippen molar-refractivity contribution in [1.29, 1.82) is 0 Å². The molecule has 0 bridgehead atoms. The second-order valence-electron chi connectivity index (χ2n) is 2.99. The van der Waals surface area contributed by atoms with Gasteiger partial charge in [-0.2, -0.15) is 0 Å². The van der Waals surface area contributed by atoms with E-state index in [2.05, 4.69) is 21.2 Å². The SMILES string of the molecule is O=C(CSc1ccccc1)NCCCBr. The third-order valence-electron chi connectivity index (χ3n) is 1.75. The summed E-state index contributed by atoms with van der Waals surface area (Å²) in [6, 6.07) is 9.95. The number of carbonyl (C=O) groups is 1. The lowest BCUT2D eigenvalue weighted by Gasteiger charge is -2.03. The van der Waals surface area contributed by atoms with E-state index < -0.39 is 0 Å². The van der Waals surface area contributed by atoms with Crippen molar-refractivity contribution in [3.8, 4) is 0 Å². The van der Waals surface area contributed by atoms with Gasteiger partial charge in [-0.25, -0.2) is 0 Å². The second-order valence-corrected chi connectivity index (χ2v) is 4.84. The van der Waals surface area contributed by atoms with Crippen LogP contribution in [0.15, 0.2) is 35.2 Å². The Morgan fingerprint density at radius 3 is 2.73 bits per heavy atom. The van der Waals surface area contributed by atoms with Gasteiger partial charge in [0.1, 0.15) is 0 Å². The Labute approximate surface area is 103 Å².